The molecule has 1 fully saturated rings. The number of hydrogen-bond acceptors (Lipinski definition) is 6. The van der Waals surface area contributed by atoms with Crippen LogP contribution in [-0.4, -0.2) is 54.3 Å². The number of amides is 1. The van der Waals surface area contributed by atoms with Gasteiger partial charge in [0.2, 0.25) is 0 Å². The number of carbonyl (C=O) groups is 1. The van der Waals surface area contributed by atoms with Crippen LogP contribution in [0.3, 0.4) is 0 Å². The molecule has 1 atom stereocenters. The first-order chi connectivity index (χ1) is 16.7. The van der Waals surface area contributed by atoms with Crippen molar-refractivity contribution in [3.8, 4) is 17.2 Å². The lowest BCUT2D eigenvalue weighted by atomic mass is 10.1. The number of halogens is 3. The molecule has 1 amide bonds. The summed E-state index contributed by atoms with van der Waals surface area (Å²) in [7, 11) is 1.53. The molecule has 35 heavy (non-hydrogen) atoms. The normalized spacial score (nSPS) is 17.6. The summed E-state index contributed by atoms with van der Waals surface area (Å²) in [5.41, 5.74) is -0.0678. The highest BCUT2D eigenvalue weighted by Crippen LogP contribution is 2.42. The van der Waals surface area contributed by atoms with Crippen LogP contribution in [-0.2, 0) is 6.18 Å². The first kappa shape index (κ1) is 23.2. The molecule has 0 radical (unpaired) electrons. The SMILES string of the molecule is COc1ccc2c(c1)Oc1ccc(C(F)(F)F)cc1N=C2N1CCN(C(=O)c2cccs2)C(C)C1. The third-order valence-electron chi connectivity index (χ3n) is 6.08. The van der Waals surface area contributed by atoms with E-state index in [2.05, 4.69) is 4.99 Å². The van der Waals surface area contributed by atoms with Crippen molar-refractivity contribution < 1.29 is 27.4 Å². The summed E-state index contributed by atoms with van der Waals surface area (Å²) < 4.78 is 51.6. The fraction of sp³-hybridized carbons (Fsp3) is 0.280. The molecule has 2 aromatic carbocycles. The van der Waals surface area contributed by atoms with Crippen LogP contribution in [0, 0.1) is 0 Å². The third-order valence-corrected chi connectivity index (χ3v) is 6.94. The zero-order chi connectivity index (χ0) is 24.7. The molecule has 0 aliphatic carbocycles. The van der Waals surface area contributed by atoms with Crippen LogP contribution in [0.1, 0.15) is 27.7 Å². The summed E-state index contributed by atoms with van der Waals surface area (Å²) in [6.07, 6.45) is -4.50. The van der Waals surface area contributed by atoms with Gasteiger partial charge in [-0.05, 0) is 48.7 Å². The Morgan fingerprint density at radius 3 is 2.66 bits per heavy atom. The van der Waals surface area contributed by atoms with E-state index < -0.39 is 11.7 Å². The van der Waals surface area contributed by atoms with Crippen molar-refractivity contribution in [1.82, 2.24) is 9.80 Å². The van der Waals surface area contributed by atoms with E-state index in [0.717, 1.165) is 12.1 Å². The second-order valence-electron chi connectivity index (χ2n) is 8.35. The average Bonchev–Trinajstić information content (AvgIpc) is 3.32. The first-order valence-corrected chi connectivity index (χ1v) is 11.9. The number of amidine groups is 1. The standard InChI is InChI=1S/C25H22F3N3O3S/c1-15-14-30(9-10-31(15)24(32)22-4-3-11-35-22)23-18-7-6-17(33-2)13-21(18)34-20-8-5-16(25(26,27)28)12-19(20)29-23/h3-8,11-13,15H,9-10,14H2,1-2H3. The van der Waals surface area contributed by atoms with Crippen LogP contribution in [0.25, 0.3) is 0 Å². The highest BCUT2D eigenvalue weighted by Gasteiger charge is 2.34. The van der Waals surface area contributed by atoms with Gasteiger partial charge < -0.3 is 19.3 Å². The largest absolute Gasteiger partial charge is 0.497 e. The summed E-state index contributed by atoms with van der Waals surface area (Å²) in [5, 5.41) is 1.87. The number of piperazine rings is 1. The van der Waals surface area contributed by atoms with Crippen LogP contribution in [0.15, 0.2) is 58.9 Å². The summed E-state index contributed by atoms with van der Waals surface area (Å²) in [6.45, 7) is 3.35. The molecule has 5 rings (SSSR count). The Balaban J connectivity index is 1.52. The van der Waals surface area contributed by atoms with Crippen LogP contribution < -0.4 is 9.47 Å². The van der Waals surface area contributed by atoms with Crippen molar-refractivity contribution in [2.45, 2.75) is 19.1 Å². The van der Waals surface area contributed by atoms with Gasteiger partial charge in [-0.3, -0.25) is 4.79 Å². The van der Waals surface area contributed by atoms with Gasteiger partial charge in [0.15, 0.2) is 5.75 Å². The number of rotatable bonds is 2. The number of nitrogens with zero attached hydrogens (tertiary/aromatic N) is 3. The molecule has 0 bridgehead atoms. The Kier molecular flexibility index (Phi) is 5.92. The van der Waals surface area contributed by atoms with E-state index in [1.165, 1.54) is 24.5 Å². The lowest BCUT2D eigenvalue weighted by Crippen LogP contribution is -2.55. The molecule has 0 saturated carbocycles. The number of ether oxygens (including phenoxy) is 2. The van der Waals surface area contributed by atoms with Gasteiger partial charge in [0.25, 0.3) is 5.91 Å². The van der Waals surface area contributed by atoms with Crippen molar-refractivity contribution in [1.29, 1.82) is 0 Å². The minimum Gasteiger partial charge on any atom is -0.497 e. The molecule has 1 saturated heterocycles. The van der Waals surface area contributed by atoms with E-state index in [0.29, 0.717) is 47.4 Å². The summed E-state index contributed by atoms with van der Waals surface area (Å²) >= 11 is 1.40. The highest BCUT2D eigenvalue weighted by atomic mass is 32.1. The smallest absolute Gasteiger partial charge is 0.416 e. The Labute approximate surface area is 204 Å². The molecule has 182 valence electrons. The van der Waals surface area contributed by atoms with Gasteiger partial charge >= 0.3 is 6.18 Å². The minimum atomic E-state index is -4.50. The number of hydrogen-bond donors (Lipinski definition) is 0. The molecule has 2 aliphatic rings. The first-order valence-electron chi connectivity index (χ1n) is 11.0. The van der Waals surface area contributed by atoms with Gasteiger partial charge in [-0.1, -0.05) is 6.07 Å². The number of thiophene rings is 1. The number of fused-ring (bicyclic) bond motifs is 2. The van der Waals surface area contributed by atoms with Crippen molar-refractivity contribution in [3.63, 3.8) is 0 Å². The van der Waals surface area contributed by atoms with Gasteiger partial charge in [-0.25, -0.2) is 4.99 Å². The summed E-state index contributed by atoms with van der Waals surface area (Å²) in [4.78, 5) is 22.1. The summed E-state index contributed by atoms with van der Waals surface area (Å²) in [6, 6.07) is 12.0. The van der Waals surface area contributed by atoms with Gasteiger partial charge in [0, 0.05) is 31.7 Å². The van der Waals surface area contributed by atoms with Crippen molar-refractivity contribution in [3.05, 3.63) is 69.9 Å². The fourth-order valence-electron chi connectivity index (χ4n) is 4.29. The van der Waals surface area contributed by atoms with Crippen molar-refractivity contribution in [2.75, 3.05) is 26.7 Å². The van der Waals surface area contributed by atoms with Crippen molar-refractivity contribution in [2.24, 2.45) is 4.99 Å². The molecule has 1 unspecified atom stereocenters. The van der Waals surface area contributed by atoms with Gasteiger partial charge in [0.1, 0.15) is 23.0 Å². The molecular formula is C25H22F3N3O3S. The zero-order valence-corrected chi connectivity index (χ0v) is 19.8. The molecule has 2 aliphatic heterocycles. The molecule has 3 aromatic rings. The predicted octanol–water partition coefficient (Wildman–Crippen LogP) is 5.81. The predicted molar refractivity (Wildman–Crippen MR) is 127 cm³/mol. The molecular weight excluding hydrogens is 479 g/mol. The van der Waals surface area contributed by atoms with E-state index >= 15 is 0 Å². The van der Waals surface area contributed by atoms with E-state index in [-0.39, 0.29) is 23.4 Å². The lowest BCUT2D eigenvalue weighted by molar-refractivity contribution is -0.137. The van der Waals surface area contributed by atoms with Gasteiger partial charge in [-0.2, -0.15) is 13.2 Å². The van der Waals surface area contributed by atoms with E-state index in [4.69, 9.17) is 9.47 Å². The highest BCUT2D eigenvalue weighted by molar-refractivity contribution is 7.12. The number of benzene rings is 2. The van der Waals surface area contributed by atoms with E-state index in [9.17, 15) is 18.0 Å². The monoisotopic (exact) mass is 501 g/mol. The topological polar surface area (TPSA) is 54.4 Å². The molecule has 3 heterocycles. The van der Waals surface area contributed by atoms with Crippen LogP contribution >= 0.6 is 11.3 Å². The Morgan fingerprint density at radius 1 is 1.14 bits per heavy atom. The Morgan fingerprint density at radius 2 is 1.97 bits per heavy atom. The third kappa shape index (κ3) is 4.45. The van der Waals surface area contributed by atoms with Crippen molar-refractivity contribution >= 4 is 28.8 Å². The van der Waals surface area contributed by atoms with E-state index in [1.54, 1.807) is 24.3 Å². The quantitative estimate of drug-likeness (QED) is 0.445. The maximum absolute atomic E-state index is 13.4. The second kappa shape index (κ2) is 8.92. The molecule has 6 nitrogen and oxygen atoms in total. The molecule has 0 spiro atoms. The minimum absolute atomic E-state index is 0.0245. The number of carbonyl (C=O) groups excluding carboxylic acids is 1. The second-order valence-corrected chi connectivity index (χ2v) is 9.30. The van der Waals surface area contributed by atoms with E-state index in [1.807, 2.05) is 28.2 Å². The lowest BCUT2D eigenvalue weighted by Gasteiger charge is -2.41. The molecule has 1 aromatic heterocycles. The molecule has 10 heteroatoms. The average molecular weight is 502 g/mol. The maximum atomic E-state index is 13.4. The van der Waals surface area contributed by atoms with Crippen LogP contribution in [0.2, 0.25) is 0 Å². The van der Waals surface area contributed by atoms with Crippen LogP contribution in [0.5, 0.6) is 17.2 Å². The maximum Gasteiger partial charge on any atom is 0.416 e. The summed E-state index contributed by atoms with van der Waals surface area (Å²) in [5.74, 6) is 1.69. The van der Waals surface area contributed by atoms with Gasteiger partial charge in [0.05, 0.1) is 23.1 Å². The number of aliphatic imine (C=N–C) groups is 1. The molecule has 0 N–H and O–H groups in total. The Bertz CT molecular complexity index is 1290. The van der Waals surface area contributed by atoms with Gasteiger partial charge in [-0.15, -0.1) is 11.3 Å². The Hall–Kier alpha value is -3.53. The number of alkyl halides is 3. The number of methoxy groups -OCH3 is 1. The zero-order valence-electron chi connectivity index (χ0n) is 19.0. The van der Waals surface area contributed by atoms with Crippen LogP contribution in [0.4, 0.5) is 18.9 Å². The fourth-order valence-corrected chi connectivity index (χ4v) is 4.97.